The number of hydrogen-bond acceptors (Lipinski definition) is 5. The van der Waals surface area contributed by atoms with Crippen LogP contribution in [0.25, 0.3) is 22.2 Å². The minimum Gasteiger partial charge on any atom is -0.348 e. The fourth-order valence-corrected chi connectivity index (χ4v) is 4.78. The number of hydrogen-bond donors (Lipinski definition) is 2. The van der Waals surface area contributed by atoms with Gasteiger partial charge in [-0.3, -0.25) is 9.59 Å². The second kappa shape index (κ2) is 8.65. The van der Waals surface area contributed by atoms with Crippen LogP contribution in [0.15, 0.2) is 55.0 Å². The monoisotopic (exact) mass is 467 g/mol. The van der Waals surface area contributed by atoms with E-state index in [-0.39, 0.29) is 11.7 Å². The molecule has 5 rings (SSSR count). The van der Waals surface area contributed by atoms with E-state index in [2.05, 4.69) is 26.7 Å². The van der Waals surface area contributed by atoms with Crippen LogP contribution in [0.2, 0.25) is 0 Å². The Morgan fingerprint density at radius 3 is 2.69 bits per heavy atom. The highest BCUT2D eigenvalue weighted by Gasteiger charge is 2.30. The van der Waals surface area contributed by atoms with Crippen molar-refractivity contribution in [1.29, 1.82) is 0 Å². The van der Waals surface area contributed by atoms with Crippen molar-refractivity contribution >= 4 is 34.2 Å². The lowest BCUT2D eigenvalue weighted by Crippen LogP contribution is -2.28. The second-order valence-corrected chi connectivity index (χ2v) is 9.57. The topological polar surface area (TPSA) is 88.9 Å². The largest absolute Gasteiger partial charge is 0.348 e. The van der Waals surface area contributed by atoms with Gasteiger partial charge < -0.3 is 15.2 Å². The molecule has 4 heterocycles. The number of pyridine rings is 2. The Morgan fingerprint density at radius 1 is 1.11 bits per heavy atom. The van der Waals surface area contributed by atoms with Crippen molar-refractivity contribution in [3.63, 3.8) is 0 Å². The predicted octanol–water partition coefficient (Wildman–Crippen LogP) is 5.27. The molecule has 0 bridgehead atoms. The van der Waals surface area contributed by atoms with E-state index < -0.39 is 5.41 Å². The van der Waals surface area contributed by atoms with E-state index in [0.29, 0.717) is 30.0 Å². The van der Waals surface area contributed by atoms with E-state index in [4.69, 9.17) is 0 Å². The maximum absolute atomic E-state index is 12.8. The van der Waals surface area contributed by atoms with Gasteiger partial charge in [0.1, 0.15) is 17.2 Å². The molecule has 0 saturated carbocycles. The molecule has 0 spiro atoms. The summed E-state index contributed by atoms with van der Waals surface area (Å²) in [4.78, 5) is 34.4. The van der Waals surface area contributed by atoms with Gasteiger partial charge >= 0.3 is 0 Å². The third-order valence-electron chi connectivity index (χ3n) is 6.95. The first-order chi connectivity index (χ1) is 16.8. The van der Waals surface area contributed by atoms with Gasteiger partial charge in [-0.15, -0.1) is 0 Å². The molecule has 0 atom stereocenters. The van der Waals surface area contributed by atoms with Crippen molar-refractivity contribution in [2.75, 3.05) is 5.32 Å². The molecule has 178 valence electrons. The predicted molar refractivity (Wildman–Crippen MR) is 138 cm³/mol. The van der Waals surface area contributed by atoms with Gasteiger partial charge in [-0.05, 0) is 66.8 Å². The van der Waals surface area contributed by atoms with Crippen molar-refractivity contribution < 1.29 is 9.59 Å². The number of benzene rings is 1. The Morgan fingerprint density at radius 2 is 1.94 bits per heavy atom. The molecule has 1 aromatic carbocycles. The second-order valence-electron chi connectivity index (χ2n) is 9.57. The minimum atomic E-state index is -0.586. The van der Waals surface area contributed by atoms with E-state index in [0.717, 1.165) is 39.7 Å². The normalized spacial score (nSPS) is 13.1. The Balaban J connectivity index is 1.49. The maximum atomic E-state index is 12.8. The van der Waals surface area contributed by atoms with Crippen LogP contribution < -0.4 is 10.6 Å². The highest BCUT2D eigenvalue weighted by Crippen LogP contribution is 2.37. The number of fused-ring (bicyclic) bond motifs is 2. The van der Waals surface area contributed by atoms with Gasteiger partial charge in [0.25, 0.3) is 5.91 Å². The molecule has 1 aliphatic rings. The first-order valence-electron chi connectivity index (χ1n) is 11.9. The molecular weight excluding hydrogens is 438 g/mol. The lowest BCUT2D eigenvalue weighted by atomic mass is 9.80. The summed E-state index contributed by atoms with van der Waals surface area (Å²) < 4.78 is 1.99. The number of aromatic nitrogens is 3. The van der Waals surface area contributed by atoms with Crippen LogP contribution in [0.5, 0.6) is 0 Å². The summed E-state index contributed by atoms with van der Waals surface area (Å²) in [5.74, 6) is 0.721. The van der Waals surface area contributed by atoms with Crippen LogP contribution in [0.1, 0.15) is 55.1 Å². The maximum Gasteiger partial charge on any atom is 0.254 e. The van der Waals surface area contributed by atoms with Crippen molar-refractivity contribution in [2.45, 2.75) is 45.6 Å². The smallest absolute Gasteiger partial charge is 0.254 e. The summed E-state index contributed by atoms with van der Waals surface area (Å²) in [5.41, 5.74) is 5.56. The van der Waals surface area contributed by atoms with E-state index in [1.54, 1.807) is 12.4 Å². The van der Waals surface area contributed by atoms with E-state index in [9.17, 15) is 9.59 Å². The molecule has 0 saturated heterocycles. The van der Waals surface area contributed by atoms with E-state index in [1.807, 2.05) is 68.9 Å². The van der Waals surface area contributed by atoms with Crippen LogP contribution >= 0.6 is 0 Å². The van der Waals surface area contributed by atoms with Crippen LogP contribution in [-0.2, 0) is 23.8 Å². The minimum absolute atomic E-state index is 0.106. The summed E-state index contributed by atoms with van der Waals surface area (Å²) in [7, 11) is 1.97. The first kappa shape index (κ1) is 22.8. The fraction of sp³-hybridized carbons (Fsp3) is 0.286. The average Bonchev–Trinajstić information content (AvgIpc) is 3.43. The summed E-state index contributed by atoms with van der Waals surface area (Å²) in [6, 6.07) is 11.8. The van der Waals surface area contributed by atoms with Gasteiger partial charge in [0.2, 0.25) is 0 Å². The lowest BCUT2D eigenvalue weighted by molar-refractivity contribution is -0.123. The van der Waals surface area contributed by atoms with Crippen LogP contribution in [0.3, 0.4) is 0 Å². The zero-order valence-electron chi connectivity index (χ0n) is 20.5. The number of anilines is 2. The van der Waals surface area contributed by atoms with Gasteiger partial charge in [0.15, 0.2) is 0 Å². The quantitative estimate of drug-likeness (QED) is 0.387. The van der Waals surface area contributed by atoms with Gasteiger partial charge in [0, 0.05) is 49.4 Å². The number of nitrogens with one attached hydrogen (secondary N) is 2. The van der Waals surface area contributed by atoms with Gasteiger partial charge in [-0.1, -0.05) is 19.1 Å². The van der Waals surface area contributed by atoms with Crippen molar-refractivity contribution in [2.24, 2.45) is 7.05 Å². The molecular formula is C28H29N5O2. The third-order valence-corrected chi connectivity index (χ3v) is 6.95. The number of amides is 1. The highest BCUT2D eigenvalue weighted by molar-refractivity contribution is 6.07. The summed E-state index contributed by atoms with van der Waals surface area (Å²) in [5, 5.41) is 7.34. The number of carbonyl (C=O) groups is 2. The Kier molecular flexibility index (Phi) is 5.63. The molecule has 0 radical (unpaired) electrons. The van der Waals surface area contributed by atoms with E-state index in [1.165, 1.54) is 0 Å². The number of aryl methyl sites for hydroxylation is 1. The molecule has 3 aromatic heterocycles. The van der Waals surface area contributed by atoms with E-state index >= 15 is 0 Å². The van der Waals surface area contributed by atoms with Crippen LogP contribution in [0.4, 0.5) is 11.5 Å². The standard InChI is InChI=1S/C28H29N5O2/c1-5-6-23(34)28(2,3)17-7-10-24(30-15-17)32-22-9-8-18(21-16-31-27(35)25(21)22)19-11-13-29-26-20(19)12-14-33(26)4/h7-15H,5-6,16H2,1-4H3,(H,30,32)(H,31,35). The third kappa shape index (κ3) is 3.87. The zero-order valence-corrected chi connectivity index (χ0v) is 20.5. The number of Topliss-reactive ketones (excluding diaryl/α,β-unsaturated/α-hetero) is 1. The van der Waals surface area contributed by atoms with Crippen molar-refractivity contribution in [1.82, 2.24) is 19.9 Å². The highest BCUT2D eigenvalue weighted by atomic mass is 16.2. The average molecular weight is 468 g/mol. The molecule has 1 aliphatic heterocycles. The summed E-state index contributed by atoms with van der Waals surface area (Å²) in [6.07, 6.45) is 6.92. The summed E-state index contributed by atoms with van der Waals surface area (Å²) >= 11 is 0. The number of rotatable bonds is 7. The Bertz CT molecular complexity index is 1450. The van der Waals surface area contributed by atoms with Crippen LogP contribution in [-0.4, -0.2) is 26.2 Å². The van der Waals surface area contributed by atoms with Crippen molar-refractivity contribution in [3.8, 4) is 11.1 Å². The van der Waals surface area contributed by atoms with Crippen LogP contribution in [0, 0.1) is 0 Å². The molecule has 0 fully saturated rings. The molecule has 35 heavy (non-hydrogen) atoms. The molecule has 7 heteroatoms. The zero-order chi connectivity index (χ0) is 24.7. The summed E-state index contributed by atoms with van der Waals surface area (Å²) in [6.45, 7) is 6.35. The van der Waals surface area contributed by atoms with Gasteiger partial charge in [-0.2, -0.15) is 0 Å². The fourth-order valence-electron chi connectivity index (χ4n) is 4.78. The first-order valence-corrected chi connectivity index (χ1v) is 11.9. The number of nitrogens with zero attached hydrogens (tertiary/aromatic N) is 3. The molecule has 0 aliphatic carbocycles. The lowest BCUT2D eigenvalue weighted by Gasteiger charge is -2.23. The Labute approximate surface area is 204 Å². The molecule has 1 amide bonds. The number of ketones is 1. The van der Waals surface area contributed by atoms with Crippen molar-refractivity contribution in [3.05, 3.63) is 71.7 Å². The number of carbonyl (C=O) groups excluding carboxylic acids is 2. The SMILES string of the molecule is CCCC(=O)C(C)(C)c1ccc(Nc2ccc(-c3ccnc4c3ccn4C)c3c2C(=O)NC3)nc1. The molecule has 7 nitrogen and oxygen atoms in total. The van der Waals surface area contributed by atoms with Gasteiger partial charge in [-0.25, -0.2) is 9.97 Å². The van der Waals surface area contributed by atoms with Gasteiger partial charge in [0.05, 0.1) is 11.3 Å². The molecule has 2 N–H and O–H groups in total. The molecule has 0 unspecified atom stereocenters. The molecule has 4 aromatic rings. The Hall–Kier alpha value is -4.00.